The predicted molar refractivity (Wildman–Crippen MR) is 131 cm³/mol. The highest BCUT2D eigenvalue weighted by atomic mass is 16.6. The summed E-state index contributed by atoms with van der Waals surface area (Å²) >= 11 is 0. The Labute approximate surface area is 212 Å². The maximum Gasteiger partial charge on any atom is 0.326 e. The van der Waals surface area contributed by atoms with Crippen LogP contribution in [0.5, 0.6) is 5.75 Å². The van der Waals surface area contributed by atoms with Crippen molar-refractivity contribution in [2.75, 3.05) is 6.54 Å². The molecular weight excluding hydrogens is 486 g/mol. The standard InChI is InChI=1S/C24H29N5O8/c1-14(25)23(33)28(13-17-19(29(36)37)9-6-10-20(17)30)15(2)22(32)26-12-21(31)27-18(24(34)35)11-16-7-4-3-5-8-16/h3-10,14-15,18,30H,11-13,25H2,1-2H3,(H,26,32)(H,27,31)(H,34,35)/t14-,15-,18-/m0/s1. The zero-order valence-electron chi connectivity index (χ0n) is 20.3. The Morgan fingerprint density at radius 2 is 1.73 bits per heavy atom. The van der Waals surface area contributed by atoms with Crippen LogP contribution in [0.2, 0.25) is 0 Å². The van der Waals surface area contributed by atoms with Gasteiger partial charge in [-0.3, -0.25) is 24.5 Å². The highest BCUT2D eigenvalue weighted by Gasteiger charge is 2.31. The van der Waals surface area contributed by atoms with Gasteiger partial charge in [0.1, 0.15) is 17.8 Å². The van der Waals surface area contributed by atoms with Crippen molar-refractivity contribution in [1.82, 2.24) is 15.5 Å². The Bertz CT molecular complexity index is 1160. The molecule has 0 saturated carbocycles. The highest BCUT2D eigenvalue weighted by molar-refractivity contribution is 5.92. The molecule has 0 aliphatic carbocycles. The molecule has 13 heteroatoms. The molecule has 0 radical (unpaired) electrons. The number of phenols is 1. The van der Waals surface area contributed by atoms with Gasteiger partial charge in [0.2, 0.25) is 17.7 Å². The molecule has 0 aliphatic rings. The molecule has 0 heterocycles. The van der Waals surface area contributed by atoms with Gasteiger partial charge in [-0.2, -0.15) is 0 Å². The van der Waals surface area contributed by atoms with Crippen LogP contribution in [0, 0.1) is 10.1 Å². The Kier molecular flexibility index (Phi) is 10.1. The lowest BCUT2D eigenvalue weighted by atomic mass is 10.1. The lowest BCUT2D eigenvalue weighted by Crippen LogP contribution is -2.53. The summed E-state index contributed by atoms with van der Waals surface area (Å²) in [6.07, 6.45) is 0.0300. The number of hydrogen-bond acceptors (Lipinski definition) is 8. The fourth-order valence-electron chi connectivity index (χ4n) is 3.49. The van der Waals surface area contributed by atoms with Crippen LogP contribution in [-0.2, 0) is 32.1 Å². The van der Waals surface area contributed by atoms with Gasteiger partial charge in [-0.1, -0.05) is 36.4 Å². The molecule has 3 atom stereocenters. The van der Waals surface area contributed by atoms with Crippen molar-refractivity contribution < 1.29 is 34.3 Å². The van der Waals surface area contributed by atoms with E-state index in [-0.39, 0.29) is 12.0 Å². The number of carboxylic acids is 1. The zero-order chi connectivity index (χ0) is 27.7. The van der Waals surface area contributed by atoms with E-state index in [4.69, 9.17) is 5.73 Å². The maximum absolute atomic E-state index is 12.8. The average molecular weight is 516 g/mol. The number of phenolic OH excluding ortho intramolecular Hbond substituents is 1. The fraction of sp³-hybridized carbons (Fsp3) is 0.333. The van der Waals surface area contributed by atoms with E-state index in [1.54, 1.807) is 30.3 Å². The number of nitro groups is 1. The second-order valence-corrected chi connectivity index (χ2v) is 8.33. The van der Waals surface area contributed by atoms with Gasteiger partial charge < -0.3 is 31.5 Å². The third kappa shape index (κ3) is 8.00. The fourth-order valence-corrected chi connectivity index (χ4v) is 3.49. The Balaban J connectivity index is 2.11. The molecule has 0 unspecified atom stereocenters. The van der Waals surface area contributed by atoms with Crippen LogP contribution in [0.3, 0.4) is 0 Å². The lowest BCUT2D eigenvalue weighted by molar-refractivity contribution is -0.385. The number of aliphatic carboxylic acids is 1. The van der Waals surface area contributed by atoms with Crippen molar-refractivity contribution in [2.24, 2.45) is 5.73 Å². The first kappa shape index (κ1) is 28.7. The number of aromatic hydroxyl groups is 1. The number of benzene rings is 2. The maximum atomic E-state index is 12.8. The van der Waals surface area contributed by atoms with Gasteiger partial charge >= 0.3 is 5.97 Å². The summed E-state index contributed by atoms with van der Waals surface area (Å²) in [6, 6.07) is 8.73. The first-order valence-corrected chi connectivity index (χ1v) is 11.3. The van der Waals surface area contributed by atoms with E-state index in [1.807, 2.05) is 0 Å². The summed E-state index contributed by atoms with van der Waals surface area (Å²) in [4.78, 5) is 61.1. The zero-order valence-corrected chi connectivity index (χ0v) is 20.3. The second kappa shape index (κ2) is 13.0. The Morgan fingerprint density at radius 1 is 1.08 bits per heavy atom. The van der Waals surface area contributed by atoms with Crippen LogP contribution < -0.4 is 16.4 Å². The van der Waals surface area contributed by atoms with Crippen LogP contribution in [0.1, 0.15) is 25.0 Å². The molecule has 3 amide bonds. The molecule has 2 rings (SSSR count). The van der Waals surface area contributed by atoms with Crippen molar-refractivity contribution in [3.63, 3.8) is 0 Å². The van der Waals surface area contributed by atoms with Crippen molar-refractivity contribution in [3.05, 3.63) is 69.8 Å². The van der Waals surface area contributed by atoms with Gasteiger partial charge in [0.25, 0.3) is 5.69 Å². The molecule has 37 heavy (non-hydrogen) atoms. The first-order valence-electron chi connectivity index (χ1n) is 11.3. The van der Waals surface area contributed by atoms with E-state index in [0.717, 1.165) is 11.0 Å². The number of nitrogens with one attached hydrogen (secondary N) is 2. The number of carbonyl (C=O) groups is 4. The van der Waals surface area contributed by atoms with Crippen LogP contribution in [0.15, 0.2) is 48.5 Å². The summed E-state index contributed by atoms with van der Waals surface area (Å²) in [5, 5.41) is 35.7. The van der Waals surface area contributed by atoms with Crippen LogP contribution in [0.25, 0.3) is 0 Å². The second-order valence-electron chi connectivity index (χ2n) is 8.33. The predicted octanol–water partition coefficient (Wildman–Crippen LogP) is 0.293. The minimum Gasteiger partial charge on any atom is -0.507 e. The molecule has 2 aromatic rings. The molecule has 2 aromatic carbocycles. The molecular formula is C24H29N5O8. The molecule has 198 valence electrons. The monoisotopic (exact) mass is 515 g/mol. The van der Waals surface area contributed by atoms with Crippen LogP contribution in [-0.4, -0.2) is 68.4 Å². The molecule has 0 spiro atoms. The lowest BCUT2D eigenvalue weighted by Gasteiger charge is -2.30. The third-order valence-corrected chi connectivity index (χ3v) is 5.51. The molecule has 0 saturated heterocycles. The summed E-state index contributed by atoms with van der Waals surface area (Å²) in [6.45, 7) is 1.61. The Morgan fingerprint density at radius 3 is 2.30 bits per heavy atom. The number of rotatable bonds is 12. The summed E-state index contributed by atoms with van der Waals surface area (Å²) in [5.41, 5.74) is 5.74. The number of carbonyl (C=O) groups excluding carboxylic acids is 3. The van der Waals surface area contributed by atoms with Gasteiger partial charge in [-0.05, 0) is 25.5 Å². The van der Waals surface area contributed by atoms with Crippen molar-refractivity contribution in [2.45, 2.75) is 44.9 Å². The number of nitrogens with two attached hydrogens (primary N) is 1. The smallest absolute Gasteiger partial charge is 0.326 e. The quantitative estimate of drug-likeness (QED) is 0.194. The molecule has 6 N–H and O–H groups in total. The largest absolute Gasteiger partial charge is 0.507 e. The SMILES string of the molecule is C[C@H](N)C(=O)N(Cc1c(O)cccc1[N+](=O)[O-])[C@@H](C)C(=O)NCC(=O)N[C@@H](Cc1ccccc1)C(=O)O. The first-order chi connectivity index (χ1) is 17.4. The van der Waals surface area contributed by atoms with Gasteiger partial charge in [0.15, 0.2) is 0 Å². The Hall–Kier alpha value is -4.52. The van der Waals surface area contributed by atoms with E-state index in [9.17, 15) is 39.5 Å². The van der Waals surface area contributed by atoms with E-state index in [1.165, 1.54) is 26.0 Å². The van der Waals surface area contributed by atoms with Crippen molar-refractivity contribution in [1.29, 1.82) is 0 Å². The topological polar surface area (TPSA) is 205 Å². The van der Waals surface area contributed by atoms with Gasteiger partial charge in [-0.25, -0.2) is 4.79 Å². The third-order valence-electron chi connectivity index (χ3n) is 5.51. The van der Waals surface area contributed by atoms with E-state index >= 15 is 0 Å². The number of nitro benzene ring substituents is 1. The van der Waals surface area contributed by atoms with Crippen LogP contribution >= 0.6 is 0 Å². The summed E-state index contributed by atoms with van der Waals surface area (Å²) in [7, 11) is 0. The van der Waals surface area contributed by atoms with Crippen molar-refractivity contribution in [3.8, 4) is 5.75 Å². The van der Waals surface area contributed by atoms with Crippen molar-refractivity contribution >= 4 is 29.4 Å². The minimum absolute atomic E-state index is 0.0300. The number of amides is 3. The van der Waals surface area contributed by atoms with E-state index < -0.39 is 71.3 Å². The number of hydrogen-bond donors (Lipinski definition) is 5. The molecule has 0 aromatic heterocycles. The average Bonchev–Trinajstić information content (AvgIpc) is 2.85. The van der Waals surface area contributed by atoms with E-state index in [2.05, 4.69) is 10.6 Å². The molecule has 0 fully saturated rings. The molecule has 13 nitrogen and oxygen atoms in total. The van der Waals surface area contributed by atoms with E-state index in [0.29, 0.717) is 5.56 Å². The minimum atomic E-state index is -1.25. The van der Waals surface area contributed by atoms with Gasteiger partial charge in [0, 0.05) is 12.5 Å². The normalized spacial score (nSPS) is 13.1. The highest BCUT2D eigenvalue weighted by Crippen LogP contribution is 2.29. The van der Waals surface area contributed by atoms with Gasteiger partial charge in [-0.15, -0.1) is 0 Å². The summed E-state index contributed by atoms with van der Waals surface area (Å²) < 4.78 is 0. The number of carboxylic acid groups (broad SMARTS) is 1. The van der Waals surface area contributed by atoms with Crippen LogP contribution in [0.4, 0.5) is 5.69 Å². The molecule has 0 aliphatic heterocycles. The summed E-state index contributed by atoms with van der Waals surface area (Å²) in [5.74, 6) is -3.99. The number of nitrogens with zero attached hydrogens (tertiary/aromatic N) is 2. The molecule has 0 bridgehead atoms. The van der Waals surface area contributed by atoms with Gasteiger partial charge in [0.05, 0.1) is 29.6 Å².